The number of hydrogen-bond acceptors (Lipinski definition) is 1. The fraction of sp³-hybridized carbons (Fsp3) is 0.667. The highest BCUT2D eigenvalue weighted by molar-refractivity contribution is 5.31. The average Bonchev–Trinajstić information content (AvgIpc) is 1.99. The third-order valence-electron chi connectivity index (χ3n) is 2.58. The van der Waals surface area contributed by atoms with Crippen LogP contribution in [0.25, 0.3) is 0 Å². The monoisotopic (exact) mass is 221 g/mol. The van der Waals surface area contributed by atoms with E-state index in [-0.39, 0.29) is 10.8 Å². The zero-order chi connectivity index (χ0) is 13.0. The first-order chi connectivity index (χ1) is 7.06. The highest BCUT2D eigenvalue weighted by Gasteiger charge is 2.16. The van der Waals surface area contributed by atoms with Gasteiger partial charge in [-0.15, -0.1) is 0 Å². The first-order valence-corrected chi connectivity index (χ1v) is 5.90. The van der Waals surface area contributed by atoms with Crippen LogP contribution in [0.1, 0.15) is 54.9 Å². The predicted molar refractivity (Wildman–Crippen MR) is 74.9 cm³/mol. The van der Waals surface area contributed by atoms with Gasteiger partial charge in [-0.25, -0.2) is 0 Å². The predicted octanol–water partition coefficient (Wildman–Crippen LogP) is 5.00. The molecule has 0 bridgehead atoms. The standard InChI is InChI=1S/C15H27N/c1-12(15(5,6)7)9-13(11-16-8)10-14(2,3)4/h9,11H,8,10H2,1-7H3/b12-9+,13-11+. The van der Waals surface area contributed by atoms with Crippen LogP contribution in [0.5, 0.6) is 0 Å². The Morgan fingerprint density at radius 1 is 1.12 bits per heavy atom. The molecule has 0 radical (unpaired) electrons. The van der Waals surface area contributed by atoms with Crippen molar-refractivity contribution in [3.63, 3.8) is 0 Å². The van der Waals surface area contributed by atoms with E-state index in [1.165, 1.54) is 11.1 Å². The molecule has 0 aromatic rings. The average molecular weight is 221 g/mol. The van der Waals surface area contributed by atoms with Crippen LogP contribution in [0.15, 0.2) is 28.4 Å². The van der Waals surface area contributed by atoms with Crippen molar-refractivity contribution in [3.05, 3.63) is 23.4 Å². The highest BCUT2D eigenvalue weighted by atomic mass is 14.6. The van der Waals surface area contributed by atoms with Crippen LogP contribution in [0.2, 0.25) is 0 Å². The normalized spacial score (nSPS) is 15.2. The molecular formula is C15H27N. The fourth-order valence-electron chi connectivity index (χ4n) is 1.36. The lowest BCUT2D eigenvalue weighted by atomic mass is 9.83. The summed E-state index contributed by atoms with van der Waals surface area (Å²) in [5, 5.41) is 0. The lowest BCUT2D eigenvalue weighted by Gasteiger charge is -2.23. The fourth-order valence-corrected chi connectivity index (χ4v) is 1.36. The van der Waals surface area contributed by atoms with Gasteiger partial charge in [0.2, 0.25) is 0 Å². The minimum Gasteiger partial charge on any atom is -0.272 e. The molecule has 0 spiro atoms. The molecule has 0 aliphatic heterocycles. The van der Waals surface area contributed by atoms with Gasteiger partial charge in [0.25, 0.3) is 0 Å². The minimum atomic E-state index is 0.220. The molecule has 0 aliphatic carbocycles. The quantitative estimate of drug-likeness (QED) is 0.470. The van der Waals surface area contributed by atoms with Crippen LogP contribution in [0.3, 0.4) is 0 Å². The van der Waals surface area contributed by atoms with Crippen molar-refractivity contribution in [2.24, 2.45) is 15.8 Å². The van der Waals surface area contributed by atoms with Gasteiger partial charge >= 0.3 is 0 Å². The topological polar surface area (TPSA) is 12.4 Å². The largest absolute Gasteiger partial charge is 0.272 e. The van der Waals surface area contributed by atoms with Crippen molar-refractivity contribution < 1.29 is 0 Å². The maximum absolute atomic E-state index is 3.90. The van der Waals surface area contributed by atoms with Crippen molar-refractivity contribution >= 4 is 6.72 Å². The van der Waals surface area contributed by atoms with E-state index in [1.807, 2.05) is 6.20 Å². The molecule has 92 valence electrons. The Bertz CT molecular complexity index is 292. The molecule has 0 rings (SSSR count). The molecule has 0 aliphatic rings. The smallest absolute Gasteiger partial charge is 0.0292 e. The van der Waals surface area contributed by atoms with Gasteiger partial charge in [-0.2, -0.15) is 0 Å². The third kappa shape index (κ3) is 6.60. The lowest BCUT2D eigenvalue weighted by molar-refractivity contribution is 0.411. The number of hydrogen-bond donors (Lipinski definition) is 0. The molecule has 0 heterocycles. The maximum atomic E-state index is 3.90. The van der Waals surface area contributed by atoms with Gasteiger partial charge < -0.3 is 0 Å². The molecule has 1 heteroatoms. The third-order valence-corrected chi connectivity index (χ3v) is 2.58. The van der Waals surface area contributed by atoms with E-state index in [0.29, 0.717) is 0 Å². The van der Waals surface area contributed by atoms with E-state index in [0.717, 1.165) is 6.42 Å². The summed E-state index contributed by atoms with van der Waals surface area (Å²) in [7, 11) is 0. The van der Waals surface area contributed by atoms with Crippen molar-refractivity contribution in [1.82, 2.24) is 0 Å². The van der Waals surface area contributed by atoms with E-state index in [4.69, 9.17) is 0 Å². The van der Waals surface area contributed by atoms with E-state index in [2.05, 4.69) is 66.3 Å². The Morgan fingerprint density at radius 3 is 1.94 bits per heavy atom. The van der Waals surface area contributed by atoms with Crippen LogP contribution >= 0.6 is 0 Å². The Hall–Kier alpha value is -0.850. The SMILES string of the molecule is C=N/C=C(\C=C(/C)C(C)(C)C)CC(C)(C)C. The summed E-state index contributed by atoms with van der Waals surface area (Å²) >= 11 is 0. The van der Waals surface area contributed by atoms with Gasteiger partial charge in [-0.05, 0) is 36.5 Å². The van der Waals surface area contributed by atoms with Gasteiger partial charge in [-0.1, -0.05) is 53.2 Å². The van der Waals surface area contributed by atoms with Gasteiger partial charge in [0, 0.05) is 6.20 Å². The van der Waals surface area contributed by atoms with E-state index in [1.54, 1.807) is 0 Å². The summed E-state index contributed by atoms with van der Waals surface area (Å²) in [5.41, 5.74) is 3.14. The van der Waals surface area contributed by atoms with Crippen LogP contribution in [0, 0.1) is 10.8 Å². The zero-order valence-electron chi connectivity index (χ0n) is 12.0. The summed E-state index contributed by atoms with van der Waals surface area (Å²) < 4.78 is 0. The summed E-state index contributed by atoms with van der Waals surface area (Å²) in [6.45, 7) is 19.1. The summed E-state index contributed by atoms with van der Waals surface area (Å²) in [6, 6.07) is 0. The zero-order valence-corrected chi connectivity index (χ0v) is 12.0. The second-order valence-corrected chi connectivity index (χ2v) is 6.70. The lowest BCUT2D eigenvalue weighted by Crippen LogP contribution is -2.09. The molecule has 0 atom stereocenters. The molecule has 0 saturated carbocycles. The van der Waals surface area contributed by atoms with Crippen LogP contribution in [0.4, 0.5) is 0 Å². The second-order valence-electron chi connectivity index (χ2n) is 6.70. The van der Waals surface area contributed by atoms with E-state index >= 15 is 0 Å². The molecule has 0 fully saturated rings. The Balaban J connectivity index is 4.99. The first kappa shape index (κ1) is 15.2. The summed E-state index contributed by atoms with van der Waals surface area (Å²) in [4.78, 5) is 3.90. The summed E-state index contributed by atoms with van der Waals surface area (Å²) in [6.07, 6.45) is 5.15. The molecular weight excluding hydrogens is 194 g/mol. The first-order valence-electron chi connectivity index (χ1n) is 5.90. The van der Waals surface area contributed by atoms with Gasteiger partial charge in [0.1, 0.15) is 0 Å². The van der Waals surface area contributed by atoms with E-state index < -0.39 is 0 Å². The number of nitrogens with zero attached hydrogens (tertiary/aromatic N) is 1. The van der Waals surface area contributed by atoms with Gasteiger partial charge in [-0.3, -0.25) is 4.99 Å². The van der Waals surface area contributed by atoms with Crippen LogP contribution in [-0.2, 0) is 0 Å². The van der Waals surface area contributed by atoms with Gasteiger partial charge in [0.15, 0.2) is 0 Å². The molecule has 0 saturated heterocycles. The van der Waals surface area contributed by atoms with Gasteiger partial charge in [0.05, 0.1) is 0 Å². The molecule has 0 amide bonds. The van der Waals surface area contributed by atoms with Crippen LogP contribution < -0.4 is 0 Å². The van der Waals surface area contributed by atoms with Crippen molar-refractivity contribution in [2.45, 2.75) is 54.9 Å². The van der Waals surface area contributed by atoms with Crippen molar-refractivity contribution in [2.75, 3.05) is 0 Å². The second kappa shape index (κ2) is 5.47. The summed E-state index contributed by atoms with van der Waals surface area (Å²) in [5.74, 6) is 0. The number of allylic oxidation sites excluding steroid dienone is 3. The Morgan fingerprint density at radius 2 is 1.62 bits per heavy atom. The molecule has 0 aromatic heterocycles. The van der Waals surface area contributed by atoms with E-state index in [9.17, 15) is 0 Å². The maximum Gasteiger partial charge on any atom is 0.0292 e. The van der Waals surface area contributed by atoms with Crippen LogP contribution in [-0.4, -0.2) is 6.72 Å². The number of aliphatic imine (C=N–C) groups is 1. The number of rotatable bonds is 3. The van der Waals surface area contributed by atoms with Crippen molar-refractivity contribution in [3.8, 4) is 0 Å². The Kier molecular flexibility index (Phi) is 5.18. The van der Waals surface area contributed by atoms with Crippen molar-refractivity contribution in [1.29, 1.82) is 0 Å². The molecule has 0 aromatic carbocycles. The molecule has 0 N–H and O–H groups in total. The Labute approximate surface area is 101 Å². The minimum absolute atomic E-state index is 0.220. The highest BCUT2D eigenvalue weighted by Crippen LogP contribution is 2.30. The molecule has 16 heavy (non-hydrogen) atoms. The molecule has 1 nitrogen and oxygen atoms in total. The molecule has 0 unspecified atom stereocenters.